The van der Waals surface area contributed by atoms with Gasteiger partial charge in [0.15, 0.2) is 12.6 Å². The van der Waals surface area contributed by atoms with Gasteiger partial charge in [0.25, 0.3) is 0 Å². The van der Waals surface area contributed by atoms with Crippen LogP contribution < -0.4 is 0 Å². The maximum absolute atomic E-state index is 5.25. The van der Waals surface area contributed by atoms with E-state index < -0.39 is 9.53 Å². The summed E-state index contributed by atoms with van der Waals surface area (Å²) in [7, 11) is 3.05. The Kier molecular flexibility index (Phi) is 5.83. The fourth-order valence-electron chi connectivity index (χ4n) is 1.04. The van der Waals surface area contributed by atoms with Crippen LogP contribution in [0, 0.1) is 0 Å². The predicted octanol–water partition coefficient (Wildman–Crippen LogP) is 0.135. The van der Waals surface area contributed by atoms with Gasteiger partial charge in [0.1, 0.15) is 12.2 Å². The molecule has 6 nitrogen and oxygen atoms in total. The van der Waals surface area contributed by atoms with Crippen molar-refractivity contribution in [2.24, 2.45) is 0 Å². The zero-order valence-corrected chi connectivity index (χ0v) is 11.5. The second-order valence-electron chi connectivity index (χ2n) is 3.55. The van der Waals surface area contributed by atoms with E-state index in [2.05, 4.69) is 0 Å². The van der Waals surface area contributed by atoms with Crippen molar-refractivity contribution in [2.45, 2.75) is 38.6 Å². The van der Waals surface area contributed by atoms with Crippen molar-refractivity contribution in [3.63, 3.8) is 0 Å². The minimum absolute atomic E-state index is 0.0138. The van der Waals surface area contributed by atoms with Crippen LogP contribution >= 0.6 is 0 Å². The molecule has 2 rings (SSSR count). The van der Waals surface area contributed by atoms with E-state index in [-0.39, 0.29) is 24.8 Å². The number of hydrogen-bond donors (Lipinski definition) is 0. The van der Waals surface area contributed by atoms with E-state index in [0.717, 1.165) is 0 Å². The third kappa shape index (κ3) is 4.87. The number of ether oxygens (including phenoxy) is 3. The minimum Gasteiger partial charge on any atom is -0.379 e. The van der Waals surface area contributed by atoms with E-state index in [4.69, 9.17) is 27.5 Å². The van der Waals surface area contributed by atoms with Crippen molar-refractivity contribution in [1.82, 2.24) is 0 Å². The van der Waals surface area contributed by atoms with Crippen LogP contribution in [0.2, 0.25) is 0 Å². The Bertz CT molecular complexity index is 181. The molecule has 0 spiro atoms. The van der Waals surface area contributed by atoms with Gasteiger partial charge in [-0.25, -0.2) is 0 Å². The second-order valence-corrected chi connectivity index (χ2v) is 5.54. The van der Waals surface area contributed by atoms with Crippen molar-refractivity contribution in [1.29, 1.82) is 0 Å². The quantitative estimate of drug-likeness (QED) is 0.512. The fraction of sp³-hybridized carbons (Fsp3) is 1.00. The summed E-state index contributed by atoms with van der Waals surface area (Å²) in [5.74, 6) is 0. The first-order valence-corrected chi connectivity index (χ1v) is 6.58. The molecule has 0 N–H and O–H groups in total. The van der Waals surface area contributed by atoms with Gasteiger partial charge in [0.05, 0.1) is 0 Å². The monoisotopic (exact) mass is 252 g/mol. The smallest absolute Gasteiger partial charge is 0.379 e. The molecule has 0 bridgehead atoms. The summed E-state index contributed by atoms with van der Waals surface area (Å²) >= 11 is 0. The SMILES string of the molecule is CC1OC1OC1OC1C.CO[SiH](OC)OC. The number of hydrogen-bond acceptors (Lipinski definition) is 6. The molecule has 16 heavy (non-hydrogen) atoms. The Morgan fingerprint density at radius 2 is 1.12 bits per heavy atom. The van der Waals surface area contributed by atoms with Crippen LogP contribution in [0.3, 0.4) is 0 Å². The predicted molar refractivity (Wildman–Crippen MR) is 57.9 cm³/mol. The van der Waals surface area contributed by atoms with E-state index in [1.165, 1.54) is 0 Å². The first-order valence-electron chi connectivity index (χ1n) is 5.17. The molecule has 0 amide bonds. The highest BCUT2D eigenvalue weighted by Gasteiger charge is 2.45. The zero-order chi connectivity index (χ0) is 12.1. The molecule has 2 saturated heterocycles. The van der Waals surface area contributed by atoms with E-state index in [9.17, 15) is 0 Å². The molecule has 4 atom stereocenters. The van der Waals surface area contributed by atoms with Gasteiger partial charge in [-0.15, -0.1) is 0 Å². The van der Waals surface area contributed by atoms with Crippen molar-refractivity contribution in [2.75, 3.05) is 21.3 Å². The van der Waals surface area contributed by atoms with Gasteiger partial charge >= 0.3 is 9.53 Å². The van der Waals surface area contributed by atoms with Crippen LogP contribution in [0.1, 0.15) is 13.8 Å². The van der Waals surface area contributed by atoms with Crippen LogP contribution in [-0.4, -0.2) is 55.6 Å². The highest BCUT2D eigenvalue weighted by Crippen LogP contribution is 2.31. The molecule has 2 heterocycles. The lowest BCUT2D eigenvalue weighted by atomic mass is 10.5. The number of rotatable bonds is 5. The van der Waals surface area contributed by atoms with Crippen LogP contribution in [0.5, 0.6) is 0 Å². The summed E-state index contributed by atoms with van der Waals surface area (Å²) in [6.07, 6.45) is 0.586. The van der Waals surface area contributed by atoms with Gasteiger partial charge in [0.2, 0.25) is 0 Å². The van der Waals surface area contributed by atoms with Gasteiger partial charge < -0.3 is 27.5 Å². The van der Waals surface area contributed by atoms with Gasteiger partial charge in [-0.2, -0.15) is 0 Å². The third-order valence-corrected chi connectivity index (χ3v) is 3.31. The van der Waals surface area contributed by atoms with Crippen LogP contribution in [0.4, 0.5) is 0 Å². The van der Waals surface area contributed by atoms with E-state index in [1.807, 2.05) is 13.8 Å². The van der Waals surface area contributed by atoms with Crippen molar-refractivity contribution in [3.05, 3.63) is 0 Å². The lowest BCUT2D eigenvalue weighted by Gasteiger charge is -2.05. The van der Waals surface area contributed by atoms with Crippen LogP contribution in [-0.2, 0) is 27.5 Å². The largest absolute Gasteiger partial charge is 0.483 e. The Labute approximate surface area is 97.7 Å². The summed E-state index contributed by atoms with van der Waals surface area (Å²) in [6.45, 7) is 3.97. The average Bonchev–Trinajstić information content (AvgIpc) is 3.14. The number of epoxide rings is 2. The molecule has 0 aromatic carbocycles. The Morgan fingerprint density at radius 1 is 0.812 bits per heavy atom. The summed E-state index contributed by atoms with van der Waals surface area (Å²) in [5, 5.41) is 0. The van der Waals surface area contributed by atoms with Crippen molar-refractivity contribution in [3.8, 4) is 0 Å². The van der Waals surface area contributed by atoms with Gasteiger partial charge in [-0.1, -0.05) is 0 Å². The molecule has 2 fully saturated rings. The lowest BCUT2D eigenvalue weighted by molar-refractivity contribution is -0.0102. The molecule has 2 aliphatic rings. The van der Waals surface area contributed by atoms with E-state index in [0.29, 0.717) is 0 Å². The van der Waals surface area contributed by atoms with E-state index >= 15 is 0 Å². The molecule has 0 saturated carbocycles. The van der Waals surface area contributed by atoms with Crippen molar-refractivity contribution < 1.29 is 27.5 Å². The molecule has 0 aromatic heterocycles. The average molecular weight is 252 g/mol. The summed E-state index contributed by atoms with van der Waals surface area (Å²) < 4.78 is 29.5. The maximum atomic E-state index is 5.25. The molecule has 4 unspecified atom stereocenters. The molecule has 0 aromatic rings. The van der Waals surface area contributed by atoms with Gasteiger partial charge in [-0.05, 0) is 13.8 Å². The fourth-order valence-corrected chi connectivity index (χ4v) is 1.62. The molecule has 7 heteroatoms. The summed E-state index contributed by atoms with van der Waals surface area (Å²) in [4.78, 5) is 0. The highest BCUT2D eigenvalue weighted by atomic mass is 28.3. The Morgan fingerprint density at radius 3 is 1.25 bits per heavy atom. The van der Waals surface area contributed by atoms with Crippen LogP contribution in [0.25, 0.3) is 0 Å². The Balaban J connectivity index is 0.000000168. The minimum atomic E-state index is -1.67. The van der Waals surface area contributed by atoms with Crippen molar-refractivity contribution >= 4 is 9.53 Å². The van der Waals surface area contributed by atoms with Crippen LogP contribution in [0.15, 0.2) is 0 Å². The highest BCUT2D eigenvalue weighted by molar-refractivity contribution is 6.36. The summed E-state index contributed by atoms with van der Waals surface area (Å²) in [5.41, 5.74) is 0. The second kappa shape index (κ2) is 6.65. The molecular weight excluding hydrogens is 232 g/mol. The molecular formula is C9H20O6Si. The molecule has 96 valence electrons. The Hall–Kier alpha value is -0.0231. The van der Waals surface area contributed by atoms with Gasteiger partial charge in [0, 0.05) is 21.3 Å². The molecule has 0 aliphatic carbocycles. The molecule has 0 radical (unpaired) electrons. The first-order chi connectivity index (χ1) is 7.62. The zero-order valence-electron chi connectivity index (χ0n) is 10.3. The molecule has 2 aliphatic heterocycles. The standard InChI is InChI=1S/C6H10O3.C3H10O3Si/c1-3-5(7-3)9-6-4(2)8-6;1-4-7(5-2)6-3/h3-6H,1-2H3;7H,1-3H3. The summed E-state index contributed by atoms with van der Waals surface area (Å²) in [6, 6.07) is 0. The normalized spacial score (nSPS) is 35.6. The topological polar surface area (TPSA) is 62.0 Å². The first kappa shape index (κ1) is 14.0. The lowest BCUT2D eigenvalue weighted by Crippen LogP contribution is -2.21. The maximum Gasteiger partial charge on any atom is 0.483 e. The third-order valence-electron chi connectivity index (χ3n) is 2.16. The van der Waals surface area contributed by atoms with Gasteiger partial charge in [-0.3, -0.25) is 0 Å². The van der Waals surface area contributed by atoms with E-state index in [1.54, 1.807) is 21.3 Å².